The third-order valence-electron chi connectivity index (χ3n) is 2.73. The number of aliphatic hydroxyl groups excluding tert-OH is 1. The average molecular weight is 354 g/mol. The predicted octanol–water partition coefficient (Wildman–Crippen LogP) is 3.36. The fourth-order valence-electron chi connectivity index (χ4n) is 1.59. The second-order valence-corrected chi connectivity index (χ2v) is 5.86. The number of alkyl halides is 3. The van der Waals surface area contributed by atoms with Crippen LogP contribution in [0.4, 0.5) is 13.2 Å². The second-order valence-electron chi connectivity index (χ2n) is 5.00. The van der Waals surface area contributed by atoms with Gasteiger partial charge >= 0.3 is 6.18 Å². The summed E-state index contributed by atoms with van der Waals surface area (Å²) in [5.41, 5.74) is -1.68. The molecule has 0 spiro atoms. The van der Waals surface area contributed by atoms with Gasteiger partial charge in [-0.1, -0.05) is 0 Å². The van der Waals surface area contributed by atoms with Crippen molar-refractivity contribution in [1.29, 1.82) is 0 Å². The van der Waals surface area contributed by atoms with Gasteiger partial charge in [0.15, 0.2) is 0 Å². The summed E-state index contributed by atoms with van der Waals surface area (Å²) in [7, 11) is 0. The monoisotopic (exact) mass is 353 g/mol. The molecule has 0 fully saturated rings. The molecule has 0 heterocycles. The van der Waals surface area contributed by atoms with Crippen LogP contribution in [-0.4, -0.2) is 23.2 Å². The van der Waals surface area contributed by atoms with E-state index in [1.54, 1.807) is 13.8 Å². The topological polar surface area (TPSA) is 49.3 Å². The highest BCUT2D eigenvalue weighted by molar-refractivity contribution is 9.10. The number of carbonyl (C=O) groups excluding carboxylic acids is 1. The lowest BCUT2D eigenvalue weighted by molar-refractivity contribution is -0.137. The Morgan fingerprint density at radius 3 is 2.45 bits per heavy atom. The lowest BCUT2D eigenvalue weighted by Gasteiger charge is -2.25. The molecule has 0 saturated heterocycles. The summed E-state index contributed by atoms with van der Waals surface area (Å²) in [4.78, 5) is 12.0. The second kappa shape index (κ2) is 6.13. The molecule has 0 aliphatic heterocycles. The van der Waals surface area contributed by atoms with Gasteiger partial charge in [-0.15, -0.1) is 0 Å². The van der Waals surface area contributed by atoms with E-state index in [2.05, 4.69) is 21.2 Å². The zero-order valence-electron chi connectivity index (χ0n) is 11.0. The molecule has 112 valence electrons. The van der Waals surface area contributed by atoms with Crippen LogP contribution in [0.5, 0.6) is 0 Å². The molecule has 1 amide bonds. The average Bonchev–Trinajstić information content (AvgIpc) is 2.26. The molecule has 0 aliphatic carbocycles. The summed E-state index contributed by atoms with van der Waals surface area (Å²) in [6, 6.07) is 2.89. The van der Waals surface area contributed by atoms with Crippen LogP contribution in [0.1, 0.15) is 36.2 Å². The van der Waals surface area contributed by atoms with Crippen LogP contribution in [0.15, 0.2) is 22.7 Å². The summed E-state index contributed by atoms with van der Waals surface area (Å²) < 4.78 is 38.2. The van der Waals surface area contributed by atoms with Crippen molar-refractivity contribution in [3.63, 3.8) is 0 Å². The minimum absolute atomic E-state index is 0.0918. The Morgan fingerprint density at radius 1 is 1.35 bits per heavy atom. The normalized spacial score (nSPS) is 12.3. The van der Waals surface area contributed by atoms with Crippen molar-refractivity contribution in [3.8, 4) is 0 Å². The van der Waals surface area contributed by atoms with E-state index < -0.39 is 23.2 Å². The summed E-state index contributed by atoms with van der Waals surface area (Å²) >= 11 is 3.07. The predicted molar refractivity (Wildman–Crippen MR) is 72.4 cm³/mol. The van der Waals surface area contributed by atoms with Gasteiger partial charge in [0.2, 0.25) is 0 Å². The quantitative estimate of drug-likeness (QED) is 0.871. The van der Waals surface area contributed by atoms with Gasteiger partial charge in [-0.3, -0.25) is 4.79 Å². The maximum absolute atomic E-state index is 12.6. The minimum Gasteiger partial charge on any atom is -0.396 e. The zero-order valence-corrected chi connectivity index (χ0v) is 12.6. The number of hydrogen-bond acceptors (Lipinski definition) is 2. The van der Waals surface area contributed by atoms with E-state index in [0.717, 1.165) is 12.1 Å². The van der Waals surface area contributed by atoms with E-state index in [1.807, 2.05) is 0 Å². The van der Waals surface area contributed by atoms with Gasteiger partial charge in [0.1, 0.15) is 0 Å². The number of benzene rings is 1. The van der Waals surface area contributed by atoms with Crippen LogP contribution in [0.2, 0.25) is 0 Å². The van der Waals surface area contributed by atoms with Gasteiger partial charge in [0, 0.05) is 16.6 Å². The van der Waals surface area contributed by atoms with Crippen LogP contribution in [0.3, 0.4) is 0 Å². The highest BCUT2D eigenvalue weighted by Gasteiger charge is 2.32. The first-order valence-corrected chi connectivity index (χ1v) is 6.66. The number of halogens is 4. The number of hydrogen-bond donors (Lipinski definition) is 2. The maximum Gasteiger partial charge on any atom is 0.416 e. The standard InChI is InChI=1S/C13H15BrF3NO2/c1-12(2,5-6-19)18-11(20)9-7-8(13(15,16)17)3-4-10(9)14/h3-4,7,19H,5-6H2,1-2H3,(H,18,20). The first-order chi connectivity index (χ1) is 9.07. The van der Waals surface area contributed by atoms with E-state index >= 15 is 0 Å². The lowest BCUT2D eigenvalue weighted by Crippen LogP contribution is -2.44. The number of carbonyl (C=O) groups is 1. The van der Waals surface area contributed by atoms with Crippen molar-refractivity contribution < 1.29 is 23.1 Å². The fraction of sp³-hybridized carbons (Fsp3) is 0.462. The van der Waals surface area contributed by atoms with Crippen LogP contribution >= 0.6 is 15.9 Å². The Labute approximate surface area is 123 Å². The van der Waals surface area contributed by atoms with Gasteiger partial charge in [0.05, 0.1) is 11.1 Å². The molecule has 0 unspecified atom stereocenters. The number of rotatable bonds is 4. The third-order valence-corrected chi connectivity index (χ3v) is 3.42. The molecule has 0 aliphatic rings. The molecule has 0 atom stereocenters. The van der Waals surface area contributed by atoms with Crippen LogP contribution in [-0.2, 0) is 6.18 Å². The molecule has 1 aromatic rings. The molecule has 7 heteroatoms. The molecule has 20 heavy (non-hydrogen) atoms. The van der Waals surface area contributed by atoms with Crippen molar-refractivity contribution >= 4 is 21.8 Å². The molecular formula is C13H15BrF3NO2. The van der Waals surface area contributed by atoms with Crippen molar-refractivity contribution in [1.82, 2.24) is 5.32 Å². The molecule has 1 aromatic carbocycles. The molecule has 0 aromatic heterocycles. The molecule has 0 bridgehead atoms. The van der Waals surface area contributed by atoms with Crippen LogP contribution < -0.4 is 5.32 Å². The van der Waals surface area contributed by atoms with Gasteiger partial charge in [-0.2, -0.15) is 13.2 Å². The number of amides is 1. The molecule has 0 radical (unpaired) electrons. The number of aliphatic hydroxyl groups is 1. The Kier molecular flexibility index (Phi) is 5.21. The van der Waals surface area contributed by atoms with E-state index in [4.69, 9.17) is 5.11 Å². The summed E-state index contributed by atoms with van der Waals surface area (Å²) in [6.45, 7) is 3.24. The Morgan fingerprint density at radius 2 is 1.95 bits per heavy atom. The Bertz CT molecular complexity index is 501. The number of nitrogens with one attached hydrogen (secondary N) is 1. The Balaban J connectivity index is 3.04. The van der Waals surface area contributed by atoms with E-state index in [9.17, 15) is 18.0 Å². The van der Waals surface area contributed by atoms with Crippen molar-refractivity contribution in [2.24, 2.45) is 0 Å². The van der Waals surface area contributed by atoms with E-state index in [0.29, 0.717) is 6.42 Å². The summed E-state index contributed by atoms with van der Waals surface area (Å²) in [5, 5.41) is 11.5. The van der Waals surface area contributed by atoms with Gasteiger partial charge in [-0.05, 0) is 54.4 Å². The minimum atomic E-state index is -4.50. The van der Waals surface area contributed by atoms with Crippen molar-refractivity contribution in [3.05, 3.63) is 33.8 Å². The highest BCUT2D eigenvalue weighted by atomic mass is 79.9. The van der Waals surface area contributed by atoms with Crippen molar-refractivity contribution in [2.45, 2.75) is 32.0 Å². The molecule has 3 nitrogen and oxygen atoms in total. The smallest absolute Gasteiger partial charge is 0.396 e. The fourth-order valence-corrected chi connectivity index (χ4v) is 2.02. The zero-order chi connectivity index (χ0) is 15.6. The van der Waals surface area contributed by atoms with Crippen molar-refractivity contribution in [2.75, 3.05) is 6.61 Å². The highest BCUT2D eigenvalue weighted by Crippen LogP contribution is 2.32. The lowest BCUT2D eigenvalue weighted by atomic mass is 10.00. The first kappa shape index (κ1) is 17.0. The first-order valence-electron chi connectivity index (χ1n) is 5.87. The SMILES string of the molecule is CC(C)(CCO)NC(=O)c1cc(C(F)(F)F)ccc1Br. The molecule has 1 rings (SSSR count). The largest absolute Gasteiger partial charge is 0.416 e. The summed E-state index contributed by atoms with van der Waals surface area (Å²) in [6.07, 6.45) is -4.20. The van der Waals surface area contributed by atoms with Gasteiger partial charge < -0.3 is 10.4 Å². The Hall–Kier alpha value is -1.08. The summed E-state index contributed by atoms with van der Waals surface area (Å²) in [5.74, 6) is -0.624. The maximum atomic E-state index is 12.6. The van der Waals surface area contributed by atoms with E-state index in [1.165, 1.54) is 6.07 Å². The van der Waals surface area contributed by atoms with Crippen LogP contribution in [0.25, 0.3) is 0 Å². The van der Waals surface area contributed by atoms with Gasteiger partial charge in [0.25, 0.3) is 5.91 Å². The van der Waals surface area contributed by atoms with Gasteiger partial charge in [-0.25, -0.2) is 0 Å². The molecular weight excluding hydrogens is 339 g/mol. The van der Waals surface area contributed by atoms with E-state index in [-0.39, 0.29) is 16.6 Å². The third kappa shape index (κ3) is 4.49. The van der Waals surface area contributed by atoms with Crippen LogP contribution in [0, 0.1) is 0 Å². The molecule has 0 saturated carbocycles. The molecule has 2 N–H and O–H groups in total.